The number of carbonyl (C=O) groups is 2. The van der Waals surface area contributed by atoms with Crippen LogP contribution in [0.3, 0.4) is 0 Å². The Morgan fingerprint density at radius 3 is 1.97 bits per heavy atom. The second-order valence-corrected chi connectivity index (χ2v) is 10.4. The van der Waals surface area contributed by atoms with Gasteiger partial charge >= 0.3 is 0 Å². The van der Waals surface area contributed by atoms with Crippen molar-refractivity contribution in [1.29, 1.82) is 0 Å². The summed E-state index contributed by atoms with van der Waals surface area (Å²) in [4.78, 5) is 32.1. The van der Waals surface area contributed by atoms with E-state index in [1.54, 1.807) is 4.90 Å². The number of likely N-dealkylation sites (tertiary alicyclic amines) is 1. The number of hydrogen-bond donors (Lipinski definition) is 0. The van der Waals surface area contributed by atoms with Gasteiger partial charge in [0.25, 0.3) is 0 Å². The first-order valence-corrected chi connectivity index (χ1v) is 12.6. The minimum Gasteiger partial charge on any atom is -0.369 e. The Hall–Kier alpha value is -1.59. The molecule has 0 unspecified atom stereocenters. The normalized spacial score (nSPS) is 30.5. The van der Waals surface area contributed by atoms with Crippen molar-refractivity contribution in [3.63, 3.8) is 0 Å². The molecular weight excluding hydrogens is 410 g/mol. The lowest BCUT2D eigenvalue weighted by Gasteiger charge is -2.36. The molecule has 2 bridgehead atoms. The molecule has 2 saturated heterocycles. The van der Waals surface area contributed by atoms with Crippen LogP contribution < -0.4 is 4.90 Å². The molecule has 6 heteroatoms. The summed E-state index contributed by atoms with van der Waals surface area (Å²) < 4.78 is 0. The van der Waals surface area contributed by atoms with E-state index in [9.17, 15) is 9.59 Å². The molecule has 1 aromatic rings. The van der Waals surface area contributed by atoms with Crippen LogP contribution in [0.5, 0.6) is 0 Å². The number of benzene rings is 1. The molecule has 2 heterocycles. The van der Waals surface area contributed by atoms with Gasteiger partial charge in [-0.15, -0.1) is 0 Å². The van der Waals surface area contributed by atoms with Gasteiger partial charge in [0.1, 0.15) is 0 Å². The van der Waals surface area contributed by atoms with E-state index in [0.29, 0.717) is 18.4 Å². The first-order chi connectivity index (χ1) is 15.1. The molecule has 5 rings (SSSR count). The lowest BCUT2D eigenvalue weighted by molar-refractivity contribution is -0.140. The maximum atomic E-state index is 12.7. The van der Waals surface area contributed by atoms with Crippen LogP contribution in [0, 0.1) is 23.7 Å². The Bertz CT molecular complexity index is 777. The second-order valence-electron chi connectivity index (χ2n) is 9.93. The fourth-order valence-electron chi connectivity index (χ4n) is 6.53. The van der Waals surface area contributed by atoms with Gasteiger partial charge in [0.05, 0.1) is 11.8 Å². The van der Waals surface area contributed by atoms with E-state index in [-0.39, 0.29) is 23.7 Å². The number of piperazine rings is 1. The summed E-state index contributed by atoms with van der Waals surface area (Å²) in [6, 6.07) is 8.13. The van der Waals surface area contributed by atoms with Crippen molar-refractivity contribution >= 4 is 29.1 Å². The molecule has 31 heavy (non-hydrogen) atoms. The number of halogens is 1. The zero-order chi connectivity index (χ0) is 21.4. The van der Waals surface area contributed by atoms with Crippen LogP contribution in [-0.4, -0.2) is 60.9 Å². The third kappa shape index (κ3) is 4.23. The van der Waals surface area contributed by atoms with Crippen LogP contribution >= 0.6 is 11.6 Å². The Morgan fingerprint density at radius 1 is 0.774 bits per heavy atom. The van der Waals surface area contributed by atoms with Gasteiger partial charge in [-0.3, -0.25) is 19.4 Å². The van der Waals surface area contributed by atoms with Crippen molar-refractivity contribution in [2.45, 2.75) is 44.9 Å². The van der Waals surface area contributed by atoms with Gasteiger partial charge in [-0.25, -0.2) is 0 Å². The van der Waals surface area contributed by atoms with Crippen LogP contribution in [-0.2, 0) is 9.59 Å². The molecule has 0 aromatic heterocycles. The summed E-state index contributed by atoms with van der Waals surface area (Å²) in [6.45, 7) is 6.11. The predicted molar refractivity (Wildman–Crippen MR) is 123 cm³/mol. The maximum Gasteiger partial charge on any atom is 0.233 e. The number of unbranched alkanes of at least 4 members (excludes halogenated alkanes) is 3. The summed E-state index contributed by atoms with van der Waals surface area (Å²) in [5, 5.41) is 0.788. The van der Waals surface area contributed by atoms with Crippen molar-refractivity contribution in [3.8, 4) is 0 Å². The highest BCUT2D eigenvalue weighted by molar-refractivity contribution is 6.30. The number of hydrogen-bond acceptors (Lipinski definition) is 4. The molecule has 4 aliphatic rings. The van der Waals surface area contributed by atoms with Gasteiger partial charge in [-0.2, -0.15) is 0 Å². The molecule has 0 radical (unpaired) electrons. The van der Waals surface area contributed by atoms with Gasteiger partial charge < -0.3 is 4.90 Å². The first kappa shape index (κ1) is 21.3. The smallest absolute Gasteiger partial charge is 0.233 e. The first-order valence-electron chi connectivity index (χ1n) is 12.2. The quantitative estimate of drug-likeness (QED) is 0.449. The molecule has 2 aliphatic heterocycles. The molecule has 2 amide bonds. The maximum absolute atomic E-state index is 12.7. The lowest BCUT2D eigenvalue weighted by atomic mass is 9.81. The molecule has 2 saturated carbocycles. The Kier molecular flexibility index (Phi) is 6.25. The van der Waals surface area contributed by atoms with E-state index in [2.05, 4.69) is 21.9 Å². The topological polar surface area (TPSA) is 43.9 Å². The molecule has 4 atom stereocenters. The number of anilines is 1. The zero-order valence-corrected chi connectivity index (χ0v) is 19.1. The van der Waals surface area contributed by atoms with Crippen molar-refractivity contribution in [2.24, 2.45) is 23.7 Å². The minimum atomic E-state index is 0.0396. The van der Waals surface area contributed by atoms with E-state index < -0.39 is 0 Å². The third-order valence-electron chi connectivity index (χ3n) is 8.19. The van der Waals surface area contributed by atoms with Crippen LogP contribution in [0.25, 0.3) is 0 Å². The third-order valence-corrected chi connectivity index (χ3v) is 8.44. The number of carbonyl (C=O) groups excluding carboxylic acids is 2. The highest BCUT2D eigenvalue weighted by Crippen LogP contribution is 2.56. The van der Waals surface area contributed by atoms with Gasteiger partial charge in [-0.05, 0) is 74.8 Å². The van der Waals surface area contributed by atoms with E-state index in [4.69, 9.17) is 11.6 Å². The van der Waals surface area contributed by atoms with Crippen molar-refractivity contribution in [3.05, 3.63) is 29.3 Å². The number of nitrogens with zero attached hydrogens (tertiary/aromatic N) is 3. The molecule has 0 N–H and O–H groups in total. The number of fused-ring (bicyclic) bond motifs is 5. The van der Waals surface area contributed by atoms with Crippen LogP contribution in [0.1, 0.15) is 44.9 Å². The second kappa shape index (κ2) is 9.11. The number of amides is 2. The molecule has 4 fully saturated rings. The van der Waals surface area contributed by atoms with E-state index in [0.717, 1.165) is 69.9 Å². The number of rotatable bonds is 8. The van der Waals surface area contributed by atoms with Gasteiger partial charge in [0, 0.05) is 43.4 Å². The average molecular weight is 444 g/mol. The molecule has 5 nitrogen and oxygen atoms in total. The summed E-state index contributed by atoms with van der Waals surface area (Å²) >= 11 is 5.99. The van der Waals surface area contributed by atoms with E-state index in [1.807, 2.05) is 12.1 Å². The van der Waals surface area contributed by atoms with Crippen LogP contribution in [0.15, 0.2) is 24.3 Å². The molecule has 2 aliphatic carbocycles. The summed E-state index contributed by atoms with van der Waals surface area (Å²) in [7, 11) is 0. The van der Waals surface area contributed by atoms with Crippen molar-refractivity contribution in [1.82, 2.24) is 9.80 Å². The Balaban J connectivity index is 0.969. The number of imide groups is 1. The van der Waals surface area contributed by atoms with E-state index >= 15 is 0 Å². The predicted octanol–water partition coefficient (Wildman–Crippen LogP) is 4.05. The summed E-state index contributed by atoms with van der Waals surface area (Å²) in [5.41, 5.74) is 1.26. The van der Waals surface area contributed by atoms with Gasteiger partial charge in [-0.1, -0.05) is 24.4 Å². The summed E-state index contributed by atoms with van der Waals surface area (Å²) in [6.07, 6.45) is 7.86. The fourth-order valence-corrected chi connectivity index (χ4v) is 6.66. The summed E-state index contributed by atoms with van der Waals surface area (Å²) in [5.74, 6) is 1.38. The minimum absolute atomic E-state index is 0.0396. The van der Waals surface area contributed by atoms with Gasteiger partial charge in [0.2, 0.25) is 11.8 Å². The lowest BCUT2D eigenvalue weighted by Crippen LogP contribution is -2.46. The zero-order valence-electron chi connectivity index (χ0n) is 18.3. The molecular formula is C25H34ClN3O2. The standard InChI is InChI=1S/C25H34ClN3O2/c26-20-7-9-21(10-8-20)28-15-13-27(14-16-28)11-3-1-2-4-12-29-24(30)22-18-5-6-19(17-18)23(22)25(29)31/h7-10,18-19,22-23H,1-6,11-17H2/t18-,19+,22+,23-. The van der Waals surface area contributed by atoms with E-state index in [1.165, 1.54) is 18.5 Å². The average Bonchev–Trinajstić information content (AvgIpc) is 3.46. The van der Waals surface area contributed by atoms with Gasteiger partial charge in [0.15, 0.2) is 0 Å². The SMILES string of the molecule is O=C1[C@@H]2[C@H]3CC[C@H](C3)[C@@H]2C(=O)N1CCCCCCN1CCN(c2ccc(Cl)cc2)CC1. The van der Waals surface area contributed by atoms with Crippen molar-refractivity contribution < 1.29 is 9.59 Å². The van der Waals surface area contributed by atoms with Crippen LogP contribution in [0.4, 0.5) is 5.69 Å². The Morgan fingerprint density at radius 2 is 1.35 bits per heavy atom. The molecule has 1 aromatic carbocycles. The van der Waals surface area contributed by atoms with Crippen LogP contribution in [0.2, 0.25) is 5.02 Å². The van der Waals surface area contributed by atoms with Crippen molar-refractivity contribution in [2.75, 3.05) is 44.2 Å². The molecule has 0 spiro atoms. The fraction of sp³-hybridized carbons (Fsp3) is 0.680. The Labute approximate surface area is 190 Å². The monoisotopic (exact) mass is 443 g/mol. The largest absolute Gasteiger partial charge is 0.369 e. The highest BCUT2D eigenvalue weighted by atomic mass is 35.5. The highest BCUT2D eigenvalue weighted by Gasteiger charge is 2.60. The molecule has 168 valence electrons.